The number of ether oxygens (including phenoxy) is 1. The van der Waals surface area contributed by atoms with Crippen molar-refractivity contribution in [2.45, 2.75) is 50.7 Å². The quantitative estimate of drug-likeness (QED) is 0.485. The maximum atomic E-state index is 12.2. The molecule has 1 saturated carbocycles. The Morgan fingerprint density at radius 1 is 1.05 bits per heavy atom. The third-order valence-corrected chi connectivity index (χ3v) is 8.34. The van der Waals surface area contributed by atoms with Gasteiger partial charge in [0.2, 0.25) is 11.9 Å². The first kappa shape index (κ1) is 24.0. The lowest BCUT2D eigenvalue weighted by Crippen LogP contribution is -2.48. The smallest absolute Gasteiger partial charge is 0.324 e. The van der Waals surface area contributed by atoms with Gasteiger partial charge >= 0.3 is 6.01 Å². The van der Waals surface area contributed by atoms with Gasteiger partial charge in [0.25, 0.3) is 0 Å². The van der Waals surface area contributed by atoms with Crippen molar-refractivity contribution in [1.82, 2.24) is 29.7 Å². The summed E-state index contributed by atoms with van der Waals surface area (Å²) >= 11 is 0. The molecule has 0 bridgehead atoms. The lowest BCUT2D eigenvalue weighted by Gasteiger charge is -2.35. The van der Waals surface area contributed by atoms with Gasteiger partial charge in [-0.25, -0.2) is 9.97 Å². The van der Waals surface area contributed by atoms with Crippen molar-refractivity contribution in [2.24, 2.45) is 0 Å². The Labute approximate surface area is 227 Å². The predicted octanol–water partition coefficient (Wildman–Crippen LogP) is 3.36. The van der Waals surface area contributed by atoms with Crippen molar-refractivity contribution < 1.29 is 9.53 Å². The Hall–Kier alpha value is -4.05. The summed E-state index contributed by atoms with van der Waals surface area (Å²) in [5.41, 5.74) is 11.7. The lowest BCUT2D eigenvalue weighted by atomic mass is 10.1. The summed E-state index contributed by atoms with van der Waals surface area (Å²) in [5.74, 6) is 2.01. The van der Waals surface area contributed by atoms with Gasteiger partial charge in [0.1, 0.15) is 5.82 Å². The van der Waals surface area contributed by atoms with E-state index in [9.17, 15) is 4.79 Å². The number of amides is 1. The van der Waals surface area contributed by atoms with Crippen LogP contribution in [0.15, 0.2) is 43.1 Å². The third-order valence-electron chi connectivity index (χ3n) is 8.34. The Bertz CT molecular complexity index is 1450. The van der Waals surface area contributed by atoms with Gasteiger partial charge in [-0.3, -0.25) is 9.69 Å². The average molecular weight is 525 g/mol. The second kappa shape index (κ2) is 9.60. The Morgan fingerprint density at radius 3 is 2.67 bits per heavy atom. The molecule has 1 saturated heterocycles. The summed E-state index contributed by atoms with van der Waals surface area (Å²) in [5, 5.41) is 0. The first-order valence-electron chi connectivity index (χ1n) is 13.8. The first-order chi connectivity index (χ1) is 19.1. The molecule has 10 nitrogen and oxygen atoms in total. The summed E-state index contributed by atoms with van der Waals surface area (Å²) in [6.45, 7) is 7.78. The monoisotopic (exact) mass is 524 g/mol. The van der Waals surface area contributed by atoms with Crippen LogP contribution in [0, 0.1) is 0 Å². The summed E-state index contributed by atoms with van der Waals surface area (Å²) in [7, 11) is 0. The molecule has 4 heterocycles. The number of anilines is 2. The fourth-order valence-electron chi connectivity index (χ4n) is 6.17. The molecule has 200 valence electrons. The number of nitrogens with two attached hydrogens (primary N) is 1. The highest BCUT2D eigenvalue weighted by molar-refractivity contribution is 5.87. The maximum absolute atomic E-state index is 12.2. The molecule has 3 aromatic rings. The van der Waals surface area contributed by atoms with E-state index >= 15 is 0 Å². The number of hydrogen-bond acceptors (Lipinski definition) is 9. The average Bonchev–Trinajstić information content (AvgIpc) is 3.58. The molecule has 2 aromatic heterocycles. The number of carbonyl (C=O) groups excluding carboxylic acids is 1. The highest BCUT2D eigenvalue weighted by Gasteiger charge is 2.36. The standard InChI is InChI=1S/C29H32N8O2/c1-2-25(38)35-11-13-36(14-12-35)27-21-16-37(23-10-9-18-5-3-4-6-20(18)23)17-22(21)32-29(34-27)39-24-15-31-28(30)33-26(24)19-7-8-19/h2-6,15,19,23H,1,7-14,16-17H2,(H2,30,31,33). The largest absolute Gasteiger partial charge is 0.421 e. The van der Waals surface area contributed by atoms with Crippen LogP contribution < -0.4 is 15.4 Å². The SMILES string of the molecule is C=CC(=O)N1CCN(c2nc(Oc3cnc(N)nc3C3CC3)nc3c2CN(C2CCc4ccccc42)C3)CC1. The minimum Gasteiger partial charge on any atom is -0.421 e. The van der Waals surface area contributed by atoms with E-state index in [0.29, 0.717) is 49.9 Å². The molecule has 10 heteroatoms. The number of nitrogens with zero attached hydrogens (tertiary/aromatic N) is 7. The van der Waals surface area contributed by atoms with Crippen LogP contribution in [-0.4, -0.2) is 61.8 Å². The Balaban J connectivity index is 1.21. The van der Waals surface area contributed by atoms with Crippen LogP contribution >= 0.6 is 0 Å². The molecule has 2 aliphatic heterocycles. The number of nitrogen functional groups attached to an aromatic ring is 1. The number of hydrogen-bond donors (Lipinski definition) is 1. The summed E-state index contributed by atoms with van der Waals surface area (Å²) < 4.78 is 6.29. The van der Waals surface area contributed by atoms with E-state index in [0.717, 1.165) is 61.5 Å². The van der Waals surface area contributed by atoms with Crippen molar-refractivity contribution in [3.8, 4) is 11.8 Å². The van der Waals surface area contributed by atoms with Crippen LogP contribution in [-0.2, 0) is 24.3 Å². The topological polar surface area (TPSA) is 114 Å². The molecule has 1 atom stereocenters. The molecule has 0 spiro atoms. The van der Waals surface area contributed by atoms with Gasteiger partial charge in [-0.15, -0.1) is 0 Å². The first-order valence-corrected chi connectivity index (χ1v) is 13.8. The fraction of sp³-hybridized carbons (Fsp3) is 0.414. The maximum Gasteiger partial charge on any atom is 0.324 e. The zero-order chi connectivity index (χ0) is 26.5. The summed E-state index contributed by atoms with van der Waals surface area (Å²) in [6, 6.07) is 9.42. The molecule has 7 rings (SSSR count). The van der Waals surface area contributed by atoms with Crippen LogP contribution in [0.5, 0.6) is 11.8 Å². The van der Waals surface area contributed by atoms with E-state index < -0.39 is 0 Å². The number of fused-ring (bicyclic) bond motifs is 2. The van der Waals surface area contributed by atoms with Gasteiger partial charge in [0, 0.05) is 56.8 Å². The minimum absolute atomic E-state index is 0.0337. The predicted molar refractivity (Wildman–Crippen MR) is 146 cm³/mol. The van der Waals surface area contributed by atoms with E-state index in [1.165, 1.54) is 17.2 Å². The van der Waals surface area contributed by atoms with Crippen LogP contribution in [0.2, 0.25) is 0 Å². The molecule has 2 N–H and O–H groups in total. The molecular formula is C29H32N8O2. The number of piperazine rings is 1. The van der Waals surface area contributed by atoms with Gasteiger partial charge in [0.15, 0.2) is 5.75 Å². The zero-order valence-electron chi connectivity index (χ0n) is 21.9. The van der Waals surface area contributed by atoms with Crippen molar-refractivity contribution >= 4 is 17.7 Å². The van der Waals surface area contributed by atoms with E-state index in [4.69, 9.17) is 20.4 Å². The molecule has 1 aromatic carbocycles. The highest BCUT2D eigenvalue weighted by atomic mass is 16.5. The number of carbonyl (C=O) groups is 1. The van der Waals surface area contributed by atoms with Gasteiger partial charge in [-0.05, 0) is 42.9 Å². The van der Waals surface area contributed by atoms with Gasteiger partial charge in [0.05, 0.1) is 17.6 Å². The molecule has 39 heavy (non-hydrogen) atoms. The second-order valence-electron chi connectivity index (χ2n) is 10.8. The molecule has 0 radical (unpaired) electrons. The molecular weight excluding hydrogens is 492 g/mol. The molecule has 1 unspecified atom stereocenters. The Kier molecular flexibility index (Phi) is 5.92. The summed E-state index contributed by atoms with van der Waals surface area (Å²) in [4.78, 5) is 37.3. The molecule has 2 fully saturated rings. The van der Waals surface area contributed by atoms with Gasteiger partial charge in [-0.1, -0.05) is 30.8 Å². The van der Waals surface area contributed by atoms with Crippen molar-refractivity contribution in [3.63, 3.8) is 0 Å². The van der Waals surface area contributed by atoms with Gasteiger partial charge < -0.3 is 20.3 Å². The highest BCUT2D eigenvalue weighted by Crippen LogP contribution is 2.45. The van der Waals surface area contributed by atoms with Gasteiger partial charge in [-0.2, -0.15) is 9.97 Å². The van der Waals surface area contributed by atoms with Crippen LogP contribution in [0.4, 0.5) is 11.8 Å². The second-order valence-corrected chi connectivity index (χ2v) is 10.8. The van der Waals surface area contributed by atoms with Crippen molar-refractivity contribution in [3.05, 3.63) is 71.2 Å². The van der Waals surface area contributed by atoms with Crippen molar-refractivity contribution in [1.29, 1.82) is 0 Å². The minimum atomic E-state index is -0.0337. The normalized spacial score (nSPS) is 20.6. The van der Waals surface area contributed by atoms with Crippen molar-refractivity contribution in [2.75, 3.05) is 36.8 Å². The lowest BCUT2D eigenvalue weighted by molar-refractivity contribution is -0.126. The fourth-order valence-corrected chi connectivity index (χ4v) is 6.17. The van der Waals surface area contributed by atoms with Crippen LogP contribution in [0.1, 0.15) is 59.3 Å². The van der Waals surface area contributed by atoms with Crippen LogP contribution in [0.3, 0.4) is 0 Å². The zero-order valence-corrected chi connectivity index (χ0v) is 21.9. The number of aryl methyl sites for hydroxylation is 1. The van der Waals surface area contributed by atoms with E-state index in [1.54, 1.807) is 6.20 Å². The summed E-state index contributed by atoms with van der Waals surface area (Å²) in [6.07, 6.45) is 7.35. The third kappa shape index (κ3) is 4.48. The molecule has 4 aliphatic rings. The van der Waals surface area contributed by atoms with E-state index in [1.807, 2.05) is 4.90 Å². The van der Waals surface area contributed by atoms with E-state index in [-0.39, 0.29) is 11.9 Å². The number of aromatic nitrogens is 4. The number of benzene rings is 1. The van der Waals surface area contributed by atoms with Crippen LogP contribution in [0.25, 0.3) is 0 Å². The molecule has 2 aliphatic carbocycles. The van der Waals surface area contributed by atoms with E-state index in [2.05, 4.69) is 50.6 Å². The Morgan fingerprint density at radius 2 is 1.87 bits per heavy atom. The number of rotatable bonds is 6. The molecule has 1 amide bonds.